The zero-order valence-electron chi connectivity index (χ0n) is 19.6. The van der Waals surface area contributed by atoms with Gasteiger partial charge in [0.2, 0.25) is 0 Å². The Morgan fingerprint density at radius 2 is 1.91 bits per heavy atom. The van der Waals surface area contributed by atoms with Gasteiger partial charge in [0, 0.05) is 41.5 Å². The Morgan fingerprint density at radius 3 is 2.67 bits per heavy atom. The fraction of sp³-hybridized carbons (Fsp3) is 0.308. The molecule has 4 heterocycles. The van der Waals surface area contributed by atoms with E-state index in [4.69, 9.17) is 9.72 Å². The van der Waals surface area contributed by atoms with Gasteiger partial charge in [-0.25, -0.2) is 9.97 Å². The fourth-order valence-corrected chi connectivity index (χ4v) is 4.12. The van der Waals surface area contributed by atoms with Crippen LogP contribution in [0.4, 0.5) is 5.69 Å². The molecule has 0 amide bonds. The van der Waals surface area contributed by atoms with E-state index in [1.54, 1.807) is 0 Å². The number of aromatic nitrogens is 4. The molecule has 6 nitrogen and oxygen atoms in total. The molecule has 0 N–H and O–H groups in total. The molecule has 4 rings (SSSR count). The standard InChI is InChI=1S/C26H28BrN5O/c1-16(2)26-29-13-17(3)25(31-26)23-12-21(9-10-28-23)32-14-22(27)24(11-19(32)5)33-15-20-8-6-7-18(4)30-20/h6-13,16H,14-15H2,1-5H3. The summed E-state index contributed by atoms with van der Waals surface area (Å²) in [7, 11) is 0. The predicted octanol–water partition coefficient (Wildman–Crippen LogP) is 6.22. The molecule has 7 heteroatoms. The van der Waals surface area contributed by atoms with Crippen molar-refractivity contribution in [1.82, 2.24) is 19.9 Å². The number of nitrogens with zero attached hydrogens (tertiary/aromatic N) is 5. The van der Waals surface area contributed by atoms with Gasteiger partial charge in [-0.15, -0.1) is 0 Å². The SMILES string of the molecule is CC1=CC(OCc2cccc(C)n2)=C(Br)CN1c1ccnc(-c2nc(C(C)C)ncc2C)c1. The smallest absolute Gasteiger partial charge is 0.133 e. The minimum atomic E-state index is 0.259. The van der Waals surface area contributed by atoms with Gasteiger partial charge in [0.15, 0.2) is 0 Å². The first-order valence-electron chi connectivity index (χ1n) is 11.0. The lowest BCUT2D eigenvalue weighted by molar-refractivity contribution is 0.204. The van der Waals surface area contributed by atoms with Crippen molar-refractivity contribution in [3.63, 3.8) is 0 Å². The summed E-state index contributed by atoms with van der Waals surface area (Å²) in [6.45, 7) is 11.4. The molecule has 3 aromatic rings. The number of halogens is 1. The van der Waals surface area contributed by atoms with E-state index in [0.29, 0.717) is 13.2 Å². The lowest BCUT2D eigenvalue weighted by atomic mass is 10.1. The van der Waals surface area contributed by atoms with Crippen LogP contribution in [0.25, 0.3) is 11.4 Å². The van der Waals surface area contributed by atoms with Crippen molar-refractivity contribution in [2.24, 2.45) is 0 Å². The molecule has 1 aliphatic rings. The summed E-state index contributed by atoms with van der Waals surface area (Å²) in [6.07, 6.45) is 5.77. The Labute approximate surface area is 203 Å². The van der Waals surface area contributed by atoms with E-state index in [2.05, 4.69) is 68.7 Å². The zero-order chi connectivity index (χ0) is 23.5. The minimum absolute atomic E-state index is 0.259. The van der Waals surface area contributed by atoms with E-state index in [1.165, 1.54) is 0 Å². The third-order valence-corrected chi connectivity index (χ3v) is 6.10. The highest BCUT2D eigenvalue weighted by molar-refractivity contribution is 9.11. The first-order valence-corrected chi connectivity index (χ1v) is 11.8. The Kier molecular flexibility index (Phi) is 6.88. The van der Waals surface area contributed by atoms with Crippen LogP contribution in [0.5, 0.6) is 0 Å². The van der Waals surface area contributed by atoms with Crippen molar-refractivity contribution in [2.75, 3.05) is 11.4 Å². The van der Waals surface area contributed by atoms with E-state index in [-0.39, 0.29) is 5.92 Å². The lowest BCUT2D eigenvalue weighted by Gasteiger charge is -2.30. The van der Waals surface area contributed by atoms with Crippen molar-refractivity contribution in [3.8, 4) is 11.4 Å². The topological polar surface area (TPSA) is 64.0 Å². The number of pyridine rings is 2. The summed E-state index contributed by atoms with van der Waals surface area (Å²) in [4.78, 5) is 20.6. The van der Waals surface area contributed by atoms with E-state index in [9.17, 15) is 0 Å². The summed E-state index contributed by atoms with van der Waals surface area (Å²) in [5.41, 5.74) is 6.76. The molecule has 0 aliphatic carbocycles. The number of aryl methyl sites for hydroxylation is 2. The summed E-state index contributed by atoms with van der Waals surface area (Å²) in [5, 5.41) is 0. The highest BCUT2D eigenvalue weighted by atomic mass is 79.9. The molecule has 33 heavy (non-hydrogen) atoms. The molecular formula is C26H28BrN5O. The van der Waals surface area contributed by atoms with Gasteiger partial charge >= 0.3 is 0 Å². The molecule has 0 bridgehead atoms. The maximum atomic E-state index is 6.07. The van der Waals surface area contributed by atoms with E-state index >= 15 is 0 Å². The van der Waals surface area contributed by atoms with Crippen LogP contribution in [0.15, 0.2) is 64.7 Å². The Bertz CT molecular complexity index is 1230. The van der Waals surface area contributed by atoms with Crippen LogP contribution in [0, 0.1) is 13.8 Å². The number of hydrogen-bond donors (Lipinski definition) is 0. The predicted molar refractivity (Wildman–Crippen MR) is 135 cm³/mol. The second-order valence-corrected chi connectivity index (χ2v) is 9.47. The van der Waals surface area contributed by atoms with E-state index in [0.717, 1.165) is 55.8 Å². The highest BCUT2D eigenvalue weighted by Crippen LogP contribution is 2.32. The maximum absolute atomic E-state index is 6.07. The van der Waals surface area contributed by atoms with Crippen molar-refractivity contribution >= 4 is 21.6 Å². The average Bonchev–Trinajstić information content (AvgIpc) is 2.79. The van der Waals surface area contributed by atoms with E-state index in [1.807, 2.05) is 50.5 Å². The van der Waals surface area contributed by atoms with Crippen LogP contribution in [-0.4, -0.2) is 26.5 Å². The molecule has 170 valence electrons. The molecule has 0 spiro atoms. The van der Waals surface area contributed by atoms with Gasteiger partial charge in [0.05, 0.1) is 28.1 Å². The highest BCUT2D eigenvalue weighted by Gasteiger charge is 2.20. The normalized spacial score (nSPS) is 14.0. The van der Waals surface area contributed by atoms with Crippen LogP contribution < -0.4 is 4.90 Å². The number of ether oxygens (including phenoxy) is 1. The Balaban J connectivity index is 1.55. The Morgan fingerprint density at radius 1 is 1.09 bits per heavy atom. The van der Waals surface area contributed by atoms with Gasteiger partial charge < -0.3 is 9.64 Å². The second-order valence-electron chi connectivity index (χ2n) is 8.51. The Hall–Kier alpha value is -3.06. The monoisotopic (exact) mass is 505 g/mol. The first-order chi connectivity index (χ1) is 15.8. The summed E-state index contributed by atoms with van der Waals surface area (Å²) < 4.78 is 7.06. The molecule has 0 aromatic carbocycles. The lowest BCUT2D eigenvalue weighted by Crippen LogP contribution is -2.26. The zero-order valence-corrected chi connectivity index (χ0v) is 21.2. The molecule has 0 fully saturated rings. The molecular weight excluding hydrogens is 478 g/mol. The third kappa shape index (κ3) is 5.30. The number of anilines is 1. The second kappa shape index (κ2) is 9.83. The minimum Gasteiger partial charge on any atom is -0.486 e. The molecule has 0 saturated heterocycles. The van der Waals surface area contributed by atoms with Crippen molar-refractivity contribution < 1.29 is 4.74 Å². The third-order valence-electron chi connectivity index (χ3n) is 5.46. The average molecular weight is 506 g/mol. The van der Waals surface area contributed by atoms with Crippen LogP contribution in [0.2, 0.25) is 0 Å². The first kappa shape index (κ1) is 23.1. The molecule has 0 saturated carbocycles. The van der Waals surface area contributed by atoms with Gasteiger partial charge in [-0.2, -0.15) is 0 Å². The van der Waals surface area contributed by atoms with Crippen molar-refractivity contribution in [1.29, 1.82) is 0 Å². The largest absolute Gasteiger partial charge is 0.486 e. The maximum Gasteiger partial charge on any atom is 0.133 e. The van der Waals surface area contributed by atoms with Crippen LogP contribution in [-0.2, 0) is 11.3 Å². The number of hydrogen-bond acceptors (Lipinski definition) is 6. The molecule has 0 radical (unpaired) electrons. The summed E-state index contributed by atoms with van der Waals surface area (Å²) in [6, 6.07) is 10.1. The van der Waals surface area contributed by atoms with E-state index < -0.39 is 0 Å². The molecule has 3 aromatic heterocycles. The van der Waals surface area contributed by atoms with Gasteiger partial charge in [-0.1, -0.05) is 19.9 Å². The number of rotatable bonds is 6. The van der Waals surface area contributed by atoms with Crippen molar-refractivity contribution in [2.45, 2.75) is 47.1 Å². The van der Waals surface area contributed by atoms with Gasteiger partial charge in [-0.05, 0) is 66.5 Å². The van der Waals surface area contributed by atoms with Crippen LogP contribution in [0.3, 0.4) is 0 Å². The van der Waals surface area contributed by atoms with Gasteiger partial charge in [0.1, 0.15) is 18.2 Å². The van der Waals surface area contributed by atoms with Crippen molar-refractivity contribution in [3.05, 3.63) is 87.5 Å². The van der Waals surface area contributed by atoms with Crippen LogP contribution in [0.1, 0.15) is 49.5 Å². The molecule has 0 unspecified atom stereocenters. The fourth-order valence-electron chi connectivity index (χ4n) is 3.64. The molecule has 1 aliphatic heterocycles. The summed E-state index contributed by atoms with van der Waals surface area (Å²) >= 11 is 3.72. The number of allylic oxidation sites excluding steroid dienone is 2. The molecule has 0 atom stereocenters. The van der Waals surface area contributed by atoms with Crippen LogP contribution >= 0.6 is 15.9 Å². The van der Waals surface area contributed by atoms with Gasteiger partial charge in [-0.3, -0.25) is 9.97 Å². The van der Waals surface area contributed by atoms with Gasteiger partial charge in [0.25, 0.3) is 0 Å². The summed E-state index contributed by atoms with van der Waals surface area (Å²) in [5.74, 6) is 1.91. The quantitative estimate of drug-likeness (QED) is 0.396.